The van der Waals surface area contributed by atoms with E-state index in [2.05, 4.69) is 10.2 Å². The third-order valence-electron chi connectivity index (χ3n) is 5.11. The lowest BCUT2D eigenvalue weighted by atomic mass is 9.99. The average molecular weight is 335 g/mol. The molecule has 2 fully saturated rings. The Morgan fingerprint density at radius 1 is 1.25 bits per heavy atom. The predicted octanol–water partition coefficient (Wildman–Crippen LogP) is 2.59. The van der Waals surface area contributed by atoms with Gasteiger partial charge in [0.15, 0.2) is 0 Å². The van der Waals surface area contributed by atoms with Crippen molar-refractivity contribution in [3.8, 4) is 0 Å². The van der Waals surface area contributed by atoms with E-state index in [0.29, 0.717) is 30.4 Å². The number of benzene rings is 1. The molecule has 2 aliphatic heterocycles. The molecule has 1 atom stereocenters. The molecule has 0 aromatic heterocycles. The van der Waals surface area contributed by atoms with Gasteiger partial charge in [0.2, 0.25) is 0 Å². The molecule has 2 aliphatic rings. The van der Waals surface area contributed by atoms with Crippen molar-refractivity contribution in [1.82, 2.24) is 9.80 Å². The predicted molar refractivity (Wildman–Crippen MR) is 91.6 cm³/mol. The molecule has 24 heavy (non-hydrogen) atoms. The minimum atomic E-state index is -0.266. The first-order valence-electron chi connectivity index (χ1n) is 8.77. The zero-order valence-electron chi connectivity index (χ0n) is 14.2. The monoisotopic (exact) mass is 335 g/mol. The van der Waals surface area contributed by atoms with Gasteiger partial charge in [0.1, 0.15) is 5.82 Å². The second-order valence-corrected chi connectivity index (χ2v) is 6.90. The molecule has 0 radical (unpaired) electrons. The first-order chi connectivity index (χ1) is 11.5. The number of hydrogen-bond acceptors (Lipinski definition) is 3. The number of β-amino-alcohol motifs (C(OH)–C–C–N with tert-alkyl or cyclic N) is 1. The molecule has 0 spiro atoms. The fraction of sp³-hybridized carbons (Fsp3) is 0.611. The average Bonchev–Trinajstić information content (AvgIpc) is 2.58. The second-order valence-electron chi connectivity index (χ2n) is 6.90. The summed E-state index contributed by atoms with van der Waals surface area (Å²) in [5.74, 6) is -0.266. The van der Waals surface area contributed by atoms with Gasteiger partial charge in [-0.25, -0.2) is 9.18 Å². The Morgan fingerprint density at radius 3 is 2.67 bits per heavy atom. The summed E-state index contributed by atoms with van der Waals surface area (Å²) in [6.07, 6.45) is 3.60. The number of nitrogens with one attached hydrogen (secondary N) is 1. The smallest absolute Gasteiger partial charge is 0.321 e. The molecule has 132 valence electrons. The Bertz CT molecular complexity index is 588. The van der Waals surface area contributed by atoms with E-state index in [1.807, 2.05) is 4.90 Å². The van der Waals surface area contributed by atoms with Crippen molar-refractivity contribution in [2.45, 2.75) is 44.8 Å². The lowest BCUT2D eigenvalue weighted by Gasteiger charge is -2.41. The number of carbonyl (C=O) groups excluding carboxylic acids is 1. The van der Waals surface area contributed by atoms with Crippen LogP contribution in [-0.2, 0) is 0 Å². The van der Waals surface area contributed by atoms with Gasteiger partial charge < -0.3 is 15.3 Å². The van der Waals surface area contributed by atoms with Crippen LogP contribution in [0.15, 0.2) is 18.2 Å². The molecule has 1 aromatic rings. The van der Waals surface area contributed by atoms with Crippen LogP contribution in [0.3, 0.4) is 0 Å². The minimum Gasteiger partial charge on any atom is -0.392 e. The normalized spacial score (nSPS) is 23.3. The van der Waals surface area contributed by atoms with Gasteiger partial charge in [-0.1, -0.05) is 0 Å². The highest BCUT2D eigenvalue weighted by Crippen LogP contribution is 2.22. The van der Waals surface area contributed by atoms with Gasteiger partial charge >= 0.3 is 6.03 Å². The van der Waals surface area contributed by atoms with Crippen LogP contribution in [0, 0.1) is 12.7 Å². The zero-order valence-corrected chi connectivity index (χ0v) is 14.2. The van der Waals surface area contributed by atoms with Crippen molar-refractivity contribution >= 4 is 11.7 Å². The second kappa shape index (κ2) is 7.49. The molecule has 3 rings (SSSR count). The van der Waals surface area contributed by atoms with Crippen LogP contribution in [-0.4, -0.2) is 59.3 Å². The number of rotatable bonds is 2. The summed E-state index contributed by atoms with van der Waals surface area (Å²) in [6, 6.07) is 4.94. The molecule has 1 unspecified atom stereocenters. The molecule has 2 N–H and O–H groups in total. The van der Waals surface area contributed by atoms with Crippen LogP contribution in [0.25, 0.3) is 0 Å². The van der Waals surface area contributed by atoms with Crippen molar-refractivity contribution in [3.63, 3.8) is 0 Å². The van der Waals surface area contributed by atoms with Gasteiger partial charge in [-0.3, -0.25) is 4.90 Å². The molecular weight excluding hydrogens is 309 g/mol. The Labute approximate surface area is 142 Å². The van der Waals surface area contributed by atoms with E-state index < -0.39 is 0 Å². The Kier molecular flexibility index (Phi) is 5.36. The number of aryl methyl sites for hydroxylation is 1. The summed E-state index contributed by atoms with van der Waals surface area (Å²) in [4.78, 5) is 16.5. The van der Waals surface area contributed by atoms with Crippen LogP contribution >= 0.6 is 0 Å². The van der Waals surface area contributed by atoms with Crippen molar-refractivity contribution in [2.75, 3.05) is 31.5 Å². The van der Waals surface area contributed by atoms with E-state index in [9.17, 15) is 14.3 Å². The number of anilines is 1. The summed E-state index contributed by atoms with van der Waals surface area (Å²) in [7, 11) is 0. The van der Waals surface area contributed by atoms with E-state index in [0.717, 1.165) is 38.8 Å². The highest BCUT2D eigenvalue weighted by Gasteiger charge is 2.29. The van der Waals surface area contributed by atoms with E-state index >= 15 is 0 Å². The Balaban J connectivity index is 1.50. The number of amides is 2. The van der Waals surface area contributed by atoms with Gasteiger partial charge in [-0.2, -0.15) is 0 Å². The maximum Gasteiger partial charge on any atom is 0.321 e. The summed E-state index contributed by atoms with van der Waals surface area (Å²) in [5.41, 5.74) is 1.15. The van der Waals surface area contributed by atoms with Gasteiger partial charge in [-0.05, 0) is 62.9 Å². The molecule has 0 saturated carbocycles. The van der Waals surface area contributed by atoms with Crippen molar-refractivity contribution < 1.29 is 14.3 Å². The molecule has 6 heteroatoms. The number of aliphatic hydroxyl groups excluding tert-OH is 1. The maximum atomic E-state index is 13.3. The standard InChI is InChI=1S/C18H26FN3O2/c1-13-11-14(4-5-17(13)19)20-18(24)21-9-6-15(7-10-21)22-8-2-3-16(23)12-22/h4-5,11,15-16,23H,2-3,6-10,12H2,1H3,(H,20,24). The van der Waals surface area contributed by atoms with Crippen LogP contribution in [0.2, 0.25) is 0 Å². The highest BCUT2D eigenvalue weighted by atomic mass is 19.1. The number of aliphatic hydroxyl groups is 1. The molecule has 5 nitrogen and oxygen atoms in total. The van der Waals surface area contributed by atoms with Crippen molar-refractivity contribution in [1.29, 1.82) is 0 Å². The van der Waals surface area contributed by atoms with Gasteiger partial charge in [-0.15, -0.1) is 0 Å². The van der Waals surface area contributed by atoms with Crippen molar-refractivity contribution in [2.24, 2.45) is 0 Å². The van der Waals surface area contributed by atoms with E-state index in [1.165, 1.54) is 6.07 Å². The summed E-state index contributed by atoms with van der Waals surface area (Å²) in [6.45, 7) is 4.91. The molecule has 2 heterocycles. The third-order valence-corrected chi connectivity index (χ3v) is 5.11. The molecule has 2 amide bonds. The van der Waals surface area contributed by atoms with Crippen LogP contribution in [0.5, 0.6) is 0 Å². The topological polar surface area (TPSA) is 55.8 Å². The number of nitrogens with zero attached hydrogens (tertiary/aromatic N) is 2. The summed E-state index contributed by atoms with van der Waals surface area (Å²) in [5, 5.41) is 12.7. The number of piperidine rings is 2. The van der Waals surface area contributed by atoms with Gasteiger partial charge in [0.05, 0.1) is 6.10 Å². The lowest BCUT2D eigenvalue weighted by Crippen LogP contribution is -2.51. The summed E-state index contributed by atoms with van der Waals surface area (Å²) < 4.78 is 13.3. The fourth-order valence-corrected chi connectivity index (χ4v) is 3.67. The third kappa shape index (κ3) is 4.05. The van der Waals surface area contributed by atoms with Gasteiger partial charge in [0, 0.05) is 31.4 Å². The zero-order chi connectivity index (χ0) is 17.1. The fourth-order valence-electron chi connectivity index (χ4n) is 3.67. The van der Waals surface area contributed by atoms with Crippen LogP contribution in [0.1, 0.15) is 31.2 Å². The summed E-state index contributed by atoms with van der Waals surface area (Å²) >= 11 is 0. The Hall–Kier alpha value is -1.66. The molecule has 0 aliphatic carbocycles. The number of carbonyl (C=O) groups is 1. The van der Waals surface area contributed by atoms with Crippen LogP contribution < -0.4 is 5.32 Å². The largest absolute Gasteiger partial charge is 0.392 e. The molecule has 1 aromatic carbocycles. The number of hydrogen-bond donors (Lipinski definition) is 2. The number of urea groups is 1. The minimum absolute atomic E-state index is 0.127. The maximum absolute atomic E-state index is 13.3. The SMILES string of the molecule is Cc1cc(NC(=O)N2CCC(N3CCCC(O)C3)CC2)ccc1F. The van der Waals surface area contributed by atoms with Crippen molar-refractivity contribution in [3.05, 3.63) is 29.6 Å². The number of halogens is 1. The molecule has 2 saturated heterocycles. The number of likely N-dealkylation sites (tertiary alicyclic amines) is 2. The van der Waals surface area contributed by atoms with Crippen LogP contribution in [0.4, 0.5) is 14.9 Å². The van der Waals surface area contributed by atoms with Gasteiger partial charge in [0.25, 0.3) is 0 Å². The molecule has 0 bridgehead atoms. The lowest BCUT2D eigenvalue weighted by molar-refractivity contribution is 0.0298. The molecular formula is C18H26FN3O2. The van der Waals surface area contributed by atoms with E-state index in [-0.39, 0.29) is 18.0 Å². The van der Waals surface area contributed by atoms with E-state index in [4.69, 9.17) is 0 Å². The van der Waals surface area contributed by atoms with E-state index in [1.54, 1.807) is 19.1 Å². The first kappa shape index (κ1) is 17.2. The Morgan fingerprint density at radius 2 is 2.00 bits per heavy atom. The quantitative estimate of drug-likeness (QED) is 0.873. The first-order valence-corrected chi connectivity index (χ1v) is 8.77. The highest BCUT2D eigenvalue weighted by molar-refractivity contribution is 5.89.